The smallest absolute Gasteiger partial charge is 0.756 e. The number of hydrogen-bond donors (Lipinski definition) is 0. The Morgan fingerprint density at radius 3 is 2.00 bits per heavy atom. The summed E-state index contributed by atoms with van der Waals surface area (Å²) in [6, 6.07) is 0. The van der Waals surface area contributed by atoms with Gasteiger partial charge in [0.1, 0.15) is 0 Å². The molecule has 0 aromatic heterocycles. The molecule has 10 heavy (non-hydrogen) atoms. The molecule has 0 unspecified atom stereocenters. The molecule has 1 aliphatic rings. The fraction of sp³-hybridized carbons (Fsp3) is 1.00. The second kappa shape index (κ2) is 4.88. The fourth-order valence-electron chi connectivity index (χ4n) is 0.594. The SMILES string of the molecule is O=P1([O-])OCCCCO1.[Na+]. The van der Waals surface area contributed by atoms with Crippen LogP contribution in [0.1, 0.15) is 12.8 Å². The maximum absolute atomic E-state index is 10.5. The molecule has 0 saturated carbocycles. The monoisotopic (exact) mass is 174 g/mol. The second-order valence-electron chi connectivity index (χ2n) is 1.82. The van der Waals surface area contributed by atoms with Gasteiger partial charge < -0.3 is 13.9 Å². The van der Waals surface area contributed by atoms with E-state index in [1.807, 2.05) is 0 Å². The Morgan fingerprint density at radius 1 is 1.20 bits per heavy atom. The van der Waals surface area contributed by atoms with Gasteiger partial charge in [0.05, 0.1) is 13.2 Å². The second-order valence-corrected chi connectivity index (χ2v) is 3.23. The number of rotatable bonds is 0. The van der Waals surface area contributed by atoms with E-state index in [1.54, 1.807) is 0 Å². The van der Waals surface area contributed by atoms with Crippen LogP contribution < -0.4 is 34.5 Å². The molecule has 0 aliphatic carbocycles. The first-order valence-corrected chi connectivity index (χ1v) is 4.27. The minimum absolute atomic E-state index is 0. The van der Waals surface area contributed by atoms with E-state index >= 15 is 0 Å². The molecule has 0 N–H and O–H groups in total. The van der Waals surface area contributed by atoms with Gasteiger partial charge in [-0.2, -0.15) is 0 Å². The molecular formula is C4H8NaO4P. The minimum Gasteiger partial charge on any atom is -0.756 e. The number of phosphoric acid groups is 1. The predicted octanol–water partition coefficient (Wildman–Crippen LogP) is -2.71. The Labute approximate surface area is 81.8 Å². The Morgan fingerprint density at radius 2 is 1.60 bits per heavy atom. The molecular weight excluding hydrogens is 166 g/mol. The van der Waals surface area contributed by atoms with Crippen LogP contribution >= 0.6 is 7.82 Å². The van der Waals surface area contributed by atoms with Crippen LogP contribution in [0.25, 0.3) is 0 Å². The maximum Gasteiger partial charge on any atom is 1.00 e. The third-order valence-corrected chi connectivity index (χ3v) is 2.04. The van der Waals surface area contributed by atoms with Crippen molar-refractivity contribution < 1.29 is 48.1 Å². The molecule has 1 rings (SSSR count). The molecule has 4 nitrogen and oxygen atoms in total. The van der Waals surface area contributed by atoms with Crippen molar-refractivity contribution in [2.24, 2.45) is 0 Å². The van der Waals surface area contributed by atoms with Crippen molar-refractivity contribution in [3.8, 4) is 0 Å². The summed E-state index contributed by atoms with van der Waals surface area (Å²) >= 11 is 0. The van der Waals surface area contributed by atoms with Crippen LogP contribution in [0, 0.1) is 0 Å². The first kappa shape index (κ1) is 11.1. The summed E-state index contributed by atoms with van der Waals surface area (Å²) in [5, 5.41) is 0. The third kappa shape index (κ3) is 4.09. The van der Waals surface area contributed by atoms with Crippen molar-refractivity contribution in [3.05, 3.63) is 0 Å². The van der Waals surface area contributed by atoms with E-state index in [1.165, 1.54) is 0 Å². The zero-order chi connectivity index (χ0) is 6.74. The van der Waals surface area contributed by atoms with Crippen molar-refractivity contribution in [1.29, 1.82) is 0 Å². The summed E-state index contributed by atoms with van der Waals surface area (Å²) in [5.74, 6) is 0. The Hall–Kier alpha value is 1.11. The van der Waals surface area contributed by atoms with Gasteiger partial charge in [-0.05, 0) is 12.8 Å². The van der Waals surface area contributed by atoms with Gasteiger partial charge in [0.15, 0.2) is 0 Å². The van der Waals surface area contributed by atoms with Gasteiger partial charge in [-0.15, -0.1) is 0 Å². The maximum atomic E-state index is 10.5. The summed E-state index contributed by atoms with van der Waals surface area (Å²) in [5.41, 5.74) is 0. The van der Waals surface area contributed by atoms with Gasteiger partial charge in [0.25, 0.3) is 7.82 Å². The van der Waals surface area contributed by atoms with Gasteiger partial charge in [0.2, 0.25) is 0 Å². The van der Waals surface area contributed by atoms with Crippen molar-refractivity contribution >= 4 is 7.82 Å². The molecule has 1 aliphatic heterocycles. The normalized spacial score (nSPS) is 24.5. The van der Waals surface area contributed by atoms with Crippen molar-refractivity contribution in [1.82, 2.24) is 0 Å². The van der Waals surface area contributed by atoms with Crippen molar-refractivity contribution in [2.75, 3.05) is 13.2 Å². The summed E-state index contributed by atoms with van der Waals surface area (Å²) in [6.07, 6.45) is 1.51. The molecule has 0 spiro atoms. The Balaban J connectivity index is 0.000000810. The minimum atomic E-state index is -3.88. The average Bonchev–Trinajstić information content (AvgIpc) is 1.92. The molecule has 1 fully saturated rings. The van der Waals surface area contributed by atoms with Crippen LogP contribution in [0.5, 0.6) is 0 Å². The molecule has 1 saturated heterocycles. The molecule has 54 valence electrons. The quantitative estimate of drug-likeness (QED) is 0.296. The molecule has 1 heterocycles. The Bertz CT molecular complexity index is 127. The van der Waals surface area contributed by atoms with E-state index < -0.39 is 7.82 Å². The molecule has 0 aromatic rings. The van der Waals surface area contributed by atoms with E-state index in [2.05, 4.69) is 9.05 Å². The summed E-state index contributed by atoms with van der Waals surface area (Å²) in [4.78, 5) is 10.5. The van der Waals surface area contributed by atoms with Gasteiger partial charge in [-0.3, -0.25) is 4.57 Å². The summed E-state index contributed by atoms with van der Waals surface area (Å²) < 4.78 is 19.2. The largest absolute Gasteiger partial charge is 1.00 e. The number of hydrogen-bond acceptors (Lipinski definition) is 4. The van der Waals surface area contributed by atoms with Crippen LogP contribution in [0.3, 0.4) is 0 Å². The first-order chi connectivity index (χ1) is 4.21. The van der Waals surface area contributed by atoms with E-state index in [4.69, 9.17) is 0 Å². The predicted molar refractivity (Wildman–Crippen MR) is 28.7 cm³/mol. The van der Waals surface area contributed by atoms with E-state index in [0.29, 0.717) is 0 Å². The zero-order valence-electron chi connectivity index (χ0n) is 5.91. The molecule has 6 heteroatoms. The average molecular weight is 174 g/mol. The van der Waals surface area contributed by atoms with E-state index in [0.717, 1.165) is 12.8 Å². The van der Waals surface area contributed by atoms with E-state index in [-0.39, 0.29) is 42.8 Å². The van der Waals surface area contributed by atoms with Crippen LogP contribution in [0.15, 0.2) is 0 Å². The topological polar surface area (TPSA) is 58.6 Å². The molecule has 0 amide bonds. The van der Waals surface area contributed by atoms with Gasteiger partial charge in [-0.1, -0.05) is 0 Å². The van der Waals surface area contributed by atoms with E-state index in [9.17, 15) is 9.46 Å². The fourth-order valence-corrected chi connectivity index (χ4v) is 1.37. The molecule has 0 aromatic carbocycles. The summed E-state index contributed by atoms with van der Waals surface area (Å²) in [7, 11) is -3.88. The molecule has 0 bridgehead atoms. The summed E-state index contributed by atoms with van der Waals surface area (Å²) in [6.45, 7) is 0.529. The first-order valence-electron chi connectivity index (χ1n) is 2.81. The van der Waals surface area contributed by atoms with Crippen molar-refractivity contribution in [3.63, 3.8) is 0 Å². The zero-order valence-corrected chi connectivity index (χ0v) is 8.80. The van der Waals surface area contributed by atoms with Gasteiger partial charge in [0, 0.05) is 0 Å². The Kier molecular flexibility index (Phi) is 5.42. The molecule has 0 radical (unpaired) electrons. The van der Waals surface area contributed by atoms with Crippen molar-refractivity contribution in [2.45, 2.75) is 12.8 Å². The van der Waals surface area contributed by atoms with Crippen LogP contribution in [-0.2, 0) is 13.6 Å². The number of phosphoric ester groups is 1. The van der Waals surface area contributed by atoms with Gasteiger partial charge >= 0.3 is 29.6 Å². The van der Waals surface area contributed by atoms with Gasteiger partial charge in [-0.25, -0.2) is 0 Å². The van der Waals surface area contributed by atoms with Crippen LogP contribution in [-0.4, -0.2) is 13.2 Å². The molecule has 0 atom stereocenters. The third-order valence-electron chi connectivity index (χ3n) is 1.04. The van der Waals surface area contributed by atoms with Crippen LogP contribution in [0.4, 0.5) is 0 Å². The van der Waals surface area contributed by atoms with Crippen LogP contribution in [0.2, 0.25) is 0 Å². The standard InChI is InChI=1S/C4H9O4P.Na/c5-9(6)7-3-1-2-4-8-9;/h1-4H2,(H,5,6);/q;+1/p-1.